The van der Waals surface area contributed by atoms with Crippen LogP contribution in [0.3, 0.4) is 0 Å². The van der Waals surface area contributed by atoms with Crippen LogP contribution in [-0.2, 0) is 9.59 Å². The van der Waals surface area contributed by atoms with Crippen molar-refractivity contribution in [3.8, 4) is 0 Å². The van der Waals surface area contributed by atoms with E-state index in [0.29, 0.717) is 19.5 Å². The second kappa shape index (κ2) is 6.60. The molecule has 0 bridgehead atoms. The van der Waals surface area contributed by atoms with Crippen LogP contribution < -0.4 is 0 Å². The summed E-state index contributed by atoms with van der Waals surface area (Å²) in [5, 5.41) is 8.86. The third kappa shape index (κ3) is 3.57. The van der Waals surface area contributed by atoms with Gasteiger partial charge in [0.15, 0.2) is 0 Å². The van der Waals surface area contributed by atoms with E-state index in [4.69, 9.17) is 5.11 Å². The van der Waals surface area contributed by atoms with Gasteiger partial charge in [0.05, 0.1) is 13.2 Å². The summed E-state index contributed by atoms with van der Waals surface area (Å²) < 4.78 is 0. The second-order valence-corrected chi connectivity index (χ2v) is 4.04. The number of aliphatic hydroxyl groups is 1. The molecule has 5 nitrogen and oxygen atoms in total. The Bertz CT molecular complexity index is 250. The van der Waals surface area contributed by atoms with E-state index in [1.807, 2.05) is 11.8 Å². The van der Waals surface area contributed by atoms with Crippen LogP contribution in [0.25, 0.3) is 0 Å². The summed E-state index contributed by atoms with van der Waals surface area (Å²) in [4.78, 5) is 26.4. The number of hydrogen-bond donors (Lipinski definition) is 1. The molecule has 0 aliphatic carbocycles. The van der Waals surface area contributed by atoms with Gasteiger partial charge in [0, 0.05) is 19.5 Å². The smallest absolute Gasteiger partial charge is 0.243 e. The maximum absolute atomic E-state index is 11.8. The third-order valence-corrected chi connectivity index (χ3v) is 2.69. The van der Waals surface area contributed by atoms with Crippen LogP contribution in [0.4, 0.5) is 0 Å². The lowest BCUT2D eigenvalue weighted by atomic mass is 10.3. The van der Waals surface area contributed by atoms with E-state index in [1.54, 1.807) is 0 Å². The number of aliphatic hydroxyl groups excluding tert-OH is 1. The zero-order chi connectivity index (χ0) is 12.0. The maximum atomic E-state index is 11.8. The van der Waals surface area contributed by atoms with Crippen LogP contribution in [0, 0.1) is 0 Å². The lowest BCUT2D eigenvalue weighted by Crippen LogP contribution is -2.42. The molecule has 2 amide bonds. The first kappa shape index (κ1) is 13.1. The van der Waals surface area contributed by atoms with Crippen LogP contribution >= 0.6 is 0 Å². The second-order valence-electron chi connectivity index (χ2n) is 4.04. The first-order valence-corrected chi connectivity index (χ1v) is 5.85. The highest BCUT2D eigenvalue weighted by molar-refractivity contribution is 5.97. The normalized spacial score (nSPS) is 16.2. The summed E-state index contributed by atoms with van der Waals surface area (Å²) >= 11 is 0. The van der Waals surface area contributed by atoms with Gasteiger partial charge < -0.3 is 5.11 Å². The van der Waals surface area contributed by atoms with Crippen molar-refractivity contribution in [3.63, 3.8) is 0 Å². The summed E-state index contributed by atoms with van der Waals surface area (Å²) in [7, 11) is 0. The molecule has 16 heavy (non-hydrogen) atoms. The Morgan fingerprint density at radius 1 is 1.50 bits per heavy atom. The van der Waals surface area contributed by atoms with Crippen molar-refractivity contribution in [2.24, 2.45) is 0 Å². The Morgan fingerprint density at radius 3 is 2.75 bits per heavy atom. The molecule has 0 radical (unpaired) electrons. The quantitative estimate of drug-likeness (QED) is 0.686. The zero-order valence-electron chi connectivity index (χ0n) is 9.81. The van der Waals surface area contributed by atoms with Gasteiger partial charge in [0.1, 0.15) is 0 Å². The molecule has 0 aromatic rings. The molecule has 1 fully saturated rings. The van der Waals surface area contributed by atoms with Gasteiger partial charge in [-0.1, -0.05) is 6.92 Å². The predicted octanol–water partition coefficient (Wildman–Crippen LogP) is -0.160. The van der Waals surface area contributed by atoms with Crippen molar-refractivity contribution < 1.29 is 14.7 Å². The van der Waals surface area contributed by atoms with Crippen molar-refractivity contribution >= 4 is 11.8 Å². The van der Waals surface area contributed by atoms with Gasteiger partial charge in [-0.3, -0.25) is 19.4 Å². The van der Waals surface area contributed by atoms with Crippen LogP contribution in [-0.4, -0.2) is 59.5 Å². The number of rotatable bonds is 6. The Hall–Kier alpha value is -0.940. The number of carbonyl (C=O) groups excluding carboxylic acids is 2. The Kier molecular flexibility index (Phi) is 5.42. The molecule has 5 heteroatoms. The van der Waals surface area contributed by atoms with E-state index in [1.165, 1.54) is 4.90 Å². The SMILES string of the molecule is CCCN(CCO)CC(=O)N1CCCC1=O. The molecule has 1 aliphatic heterocycles. The lowest BCUT2D eigenvalue weighted by molar-refractivity contribution is -0.142. The molecule has 0 saturated carbocycles. The fourth-order valence-corrected chi connectivity index (χ4v) is 1.92. The molecule has 1 saturated heterocycles. The molecule has 0 spiro atoms. The summed E-state index contributed by atoms with van der Waals surface area (Å²) in [6, 6.07) is 0. The molecule has 0 atom stereocenters. The summed E-state index contributed by atoms with van der Waals surface area (Å²) in [6.45, 7) is 4.12. The molecule has 0 unspecified atom stereocenters. The first-order chi connectivity index (χ1) is 7.69. The van der Waals surface area contributed by atoms with Crippen LogP contribution in [0.2, 0.25) is 0 Å². The number of nitrogens with zero attached hydrogens (tertiary/aromatic N) is 2. The molecule has 1 aliphatic rings. The summed E-state index contributed by atoms with van der Waals surface area (Å²) in [5.74, 6) is -0.199. The average Bonchev–Trinajstić information content (AvgIpc) is 2.65. The van der Waals surface area contributed by atoms with Gasteiger partial charge in [-0.2, -0.15) is 0 Å². The minimum absolute atomic E-state index is 0.0429. The van der Waals surface area contributed by atoms with E-state index in [-0.39, 0.29) is 25.0 Å². The molecule has 1 rings (SSSR count). The molecule has 0 aromatic carbocycles. The van der Waals surface area contributed by atoms with Gasteiger partial charge in [0.25, 0.3) is 0 Å². The van der Waals surface area contributed by atoms with Crippen LogP contribution in [0.5, 0.6) is 0 Å². The lowest BCUT2D eigenvalue weighted by Gasteiger charge is -2.22. The predicted molar refractivity (Wildman–Crippen MR) is 59.8 cm³/mol. The van der Waals surface area contributed by atoms with Gasteiger partial charge in [0.2, 0.25) is 11.8 Å². The highest BCUT2D eigenvalue weighted by Crippen LogP contribution is 2.10. The number of hydrogen-bond acceptors (Lipinski definition) is 4. The van der Waals surface area contributed by atoms with Crippen molar-refractivity contribution in [1.82, 2.24) is 9.80 Å². The highest BCUT2D eigenvalue weighted by atomic mass is 16.3. The number of carbonyl (C=O) groups is 2. The fourth-order valence-electron chi connectivity index (χ4n) is 1.92. The number of amides is 2. The van der Waals surface area contributed by atoms with Crippen molar-refractivity contribution in [1.29, 1.82) is 0 Å². The van der Waals surface area contributed by atoms with Gasteiger partial charge in [-0.05, 0) is 19.4 Å². The average molecular weight is 228 g/mol. The molecule has 92 valence electrons. The monoisotopic (exact) mass is 228 g/mol. The minimum atomic E-state index is -0.135. The molecular formula is C11H20N2O3. The fraction of sp³-hybridized carbons (Fsp3) is 0.818. The van der Waals surface area contributed by atoms with Crippen LogP contribution in [0.1, 0.15) is 26.2 Å². The summed E-state index contributed by atoms with van der Waals surface area (Å²) in [6.07, 6.45) is 2.19. The third-order valence-electron chi connectivity index (χ3n) is 2.69. The Morgan fingerprint density at radius 2 is 2.25 bits per heavy atom. The van der Waals surface area contributed by atoms with Crippen LogP contribution in [0.15, 0.2) is 0 Å². The zero-order valence-corrected chi connectivity index (χ0v) is 9.81. The minimum Gasteiger partial charge on any atom is -0.395 e. The van der Waals surface area contributed by atoms with Gasteiger partial charge in [-0.25, -0.2) is 0 Å². The largest absolute Gasteiger partial charge is 0.395 e. The van der Waals surface area contributed by atoms with Gasteiger partial charge in [-0.15, -0.1) is 0 Å². The van der Waals surface area contributed by atoms with E-state index in [0.717, 1.165) is 19.4 Å². The van der Waals surface area contributed by atoms with Crippen molar-refractivity contribution in [2.75, 3.05) is 32.8 Å². The topological polar surface area (TPSA) is 60.9 Å². The Labute approximate surface area is 96.0 Å². The van der Waals surface area contributed by atoms with E-state index in [2.05, 4.69) is 0 Å². The number of imide groups is 1. The van der Waals surface area contributed by atoms with Gasteiger partial charge >= 0.3 is 0 Å². The molecular weight excluding hydrogens is 208 g/mol. The Balaban J connectivity index is 2.43. The highest BCUT2D eigenvalue weighted by Gasteiger charge is 2.27. The van der Waals surface area contributed by atoms with E-state index < -0.39 is 0 Å². The number of likely N-dealkylation sites (tertiary alicyclic amines) is 1. The summed E-state index contributed by atoms with van der Waals surface area (Å²) in [5.41, 5.74) is 0. The van der Waals surface area contributed by atoms with E-state index >= 15 is 0 Å². The van der Waals surface area contributed by atoms with Crippen molar-refractivity contribution in [2.45, 2.75) is 26.2 Å². The molecule has 1 heterocycles. The first-order valence-electron chi connectivity index (χ1n) is 5.85. The molecule has 1 N–H and O–H groups in total. The van der Waals surface area contributed by atoms with Crippen molar-refractivity contribution in [3.05, 3.63) is 0 Å². The molecule has 0 aromatic heterocycles. The van der Waals surface area contributed by atoms with E-state index in [9.17, 15) is 9.59 Å². The standard InChI is InChI=1S/C11H20N2O3/c1-2-5-12(7-8-14)9-11(16)13-6-3-4-10(13)15/h14H,2-9H2,1H3. The maximum Gasteiger partial charge on any atom is 0.243 e.